The molecule has 0 fully saturated rings. The minimum Gasteiger partial charge on any atom is -0.353 e. The van der Waals surface area contributed by atoms with Crippen LogP contribution in [0.1, 0.15) is 0 Å². The molecule has 0 aliphatic rings. The van der Waals surface area contributed by atoms with E-state index in [9.17, 15) is 4.79 Å². The molecule has 0 saturated heterocycles. The highest BCUT2D eigenvalue weighted by atomic mass is 16.1. The van der Waals surface area contributed by atoms with Gasteiger partial charge < -0.3 is 10.3 Å². The lowest BCUT2D eigenvalue weighted by Gasteiger charge is -2.08. The van der Waals surface area contributed by atoms with Gasteiger partial charge in [-0.1, -0.05) is 30.3 Å². The maximum atomic E-state index is 12.6. The number of aromatic amines is 1. The van der Waals surface area contributed by atoms with E-state index in [1.165, 1.54) is 0 Å². The fraction of sp³-hybridized carbons (Fsp3) is 0. The van der Waals surface area contributed by atoms with Gasteiger partial charge in [-0.2, -0.15) is 0 Å². The van der Waals surface area contributed by atoms with Gasteiger partial charge in [0.25, 0.3) is 0 Å². The van der Waals surface area contributed by atoms with Crippen molar-refractivity contribution in [2.75, 3.05) is 5.32 Å². The van der Waals surface area contributed by atoms with Crippen molar-refractivity contribution in [2.45, 2.75) is 0 Å². The third-order valence-electron chi connectivity index (χ3n) is 3.91. The first-order valence-corrected chi connectivity index (χ1v) is 7.70. The molecule has 0 spiro atoms. The first-order valence-electron chi connectivity index (χ1n) is 7.70. The van der Waals surface area contributed by atoms with Crippen LogP contribution in [0.2, 0.25) is 0 Å². The number of benzene rings is 1. The Morgan fingerprint density at radius 1 is 0.833 bits per heavy atom. The molecule has 4 heteroatoms. The minimum absolute atomic E-state index is 0.0232. The van der Waals surface area contributed by atoms with Crippen LogP contribution in [0.4, 0.5) is 11.4 Å². The molecule has 116 valence electrons. The Labute approximate surface area is 138 Å². The zero-order chi connectivity index (χ0) is 16.4. The van der Waals surface area contributed by atoms with Gasteiger partial charge in [0.2, 0.25) is 0 Å². The molecule has 4 nitrogen and oxygen atoms in total. The van der Waals surface area contributed by atoms with Gasteiger partial charge in [0.1, 0.15) is 0 Å². The second kappa shape index (κ2) is 6.01. The summed E-state index contributed by atoms with van der Waals surface area (Å²) in [5, 5.41) is 4.05. The summed E-state index contributed by atoms with van der Waals surface area (Å²) in [6, 6.07) is 20.8. The van der Waals surface area contributed by atoms with Crippen LogP contribution in [-0.2, 0) is 0 Å². The van der Waals surface area contributed by atoms with Gasteiger partial charge in [-0.3, -0.25) is 9.78 Å². The van der Waals surface area contributed by atoms with E-state index < -0.39 is 0 Å². The van der Waals surface area contributed by atoms with Crippen molar-refractivity contribution in [1.29, 1.82) is 0 Å². The highest BCUT2D eigenvalue weighted by molar-refractivity contribution is 6.02. The number of nitrogens with zero attached hydrogens (tertiary/aromatic N) is 1. The lowest BCUT2D eigenvalue weighted by Crippen LogP contribution is -1.98. The molecule has 2 aromatic carbocycles. The summed E-state index contributed by atoms with van der Waals surface area (Å²) >= 11 is 0. The van der Waals surface area contributed by atoms with Crippen LogP contribution >= 0.6 is 0 Å². The second-order valence-corrected chi connectivity index (χ2v) is 5.47. The van der Waals surface area contributed by atoms with E-state index in [-0.39, 0.29) is 5.43 Å². The molecular weight excluding hydrogens is 298 g/mol. The molecule has 0 saturated carbocycles. The van der Waals surface area contributed by atoms with E-state index in [1.807, 2.05) is 54.6 Å². The number of H-pyrrole nitrogens is 1. The van der Waals surface area contributed by atoms with Crippen LogP contribution in [0.15, 0.2) is 83.9 Å². The summed E-state index contributed by atoms with van der Waals surface area (Å²) in [5.74, 6) is 0. The molecule has 0 amide bonds. The van der Waals surface area contributed by atoms with Crippen LogP contribution in [0.5, 0.6) is 0 Å². The minimum atomic E-state index is -0.0232. The summed E-state index contributed by atoms with van der Waals surface area (Å²) in [4.78, 5) is 20.0. The van der Waals surface area contributed by atoms with Crippen LogP contribution < -0.4 is 10.7 Å². The van der Waals surface area contributed by atoms with Crippen LogP contribution in [0, 0.1) is 0 Å². The molecular formula is C20H15N3O. The number of anilines is 2. The van der Waals surface area contributed by atoms with E-state index in [0.717, 1.165) is 28.1 Å². The first-order chi connectivity index (χ1) is 11.8. The molecule has 0 radical (unpaired) electrons. The molecule has 0 atom stereocenters. The number of hydrogen-bond acceptors (Lipinski definition) is 3. The summed E-state index contributed by atoms with van der Waals surface area (Å²) < 4.78 is 0. The van der Waals surface area contributed by atoms with Gasteiger partial charge in [0, 0.05) is 23.6 Å². The van der Waals surface area contributed by atoms with Crippen molar-refractivity contribution in [3.8, 4) is 11.3 Å². The third-order valence-corrected chi connectivity index (χ3v) is 3.91. The topological polar surface area (TPSA) is 57.8 Å². The lowest BCUT2D eigenvalue weighted by molar-refractivity contribution is 1.32. The zero-order valence-corrected chi connectivity index (χ0v) is 12.9. The normalized spacial score (nSPS) is 10.7. The Morgan fingerprint density at radius 3 is 2.33 bits per heavy atom. The monoisotopic (exact) mass is 313 g/mol. The Balaban J connectivity index is 2.01. The highest BCUT2D eigenvalue weighted by Crippen LogP contribution is 2.34. The van der Waals surface area contributed by atoms with Gasteiger partial charge in [-0.15, -0.1) is 0 Å². The van der Waals surface area contributed by atoms with E-state index in [0.29, 0.717) is 5.39 Å². The predicted octanol–water partition coefficient (Wildman–Crippen LogP) is 4.33. The molecule has 0 bridgehead atoms. The molecule has 4 rings (SSSR count). The fourth-order valence-corrected chi connectivity index (χ4v) is 2.80. The average Bonchev–Trinajstić information content (AvgIpc) is 2.88. The van der Waals surface area contributed by atoms with Gasteiger partial charge in [-0.25, -0.2) is 0 Å². The predicted molar refractivity (Wildman–Crippen MR) is 97.5 cm³/mol. The maximum absolute atomic E-state index is 12.6. The van der Waals surface area contributed by atoms with Crippen molar-refractivity contribution >= 4 is 22.3 Å². The number of hydrogen-bond donors (Lipinski definition) is 2. The smallest absolute Gasteiger partial charge is 0.190 e. The van der Waals surface area contributed by atoms with E-state index in [2.05, 4.69) is 15.3 Å². The summed E-state index contributed by atoms with van der Waals surface area (Å²) in [5.41, 5.74) is 4.34. The number of para-hydroxylation sites is 1. The average molecular weight is 313 g/mol. The summed E-state index contributed by atoms with van der Waals surface area (Å²) in [7, 11) is 0. The Morgan fingerprint density at radius 2 is 1.54 bits per heavy atom. The maximum Gasteiger partial charge on any atom is 0.190 e. The summed E-state index contributed by atoms with van der Waals surface area (Å²) in [6.07, 6.45) is 3.48. The molecule has 4 aromatic rings. The quantitative estimate of drug-likeness (QED) is 0.592. The largest absolute Gasteiger partial charge is 0.353 e. The highest BCUT2D eigenvalue weighted by Gasteiger charge is 2.15. The number of pyridine rings is 1. The number of rotatable bonds is 3. The SMILES string of the molecule is O=c1ccccc2[nH]c(-c3ccncc3)c(Nc3ccccc3)c12. The van der Waals surface area contributed by atoms with Crippen LogP contribution in [-0.4, -0.2) is 9.97 Å². The lowest BCUT2D eigenvalue weighted by atomic mass is 10.1. The van der Waals surface area contributed by atoms with Crippen molar-refractivity contribution in [2.24, 2.45) is 0 Å². The Bertz CT molecular complexity index is 1040. The van der Waals surface area contributed by atoms with Gasteiger partial charge in [0.05, 0.1) is 22.3 Å². The molecule has 2 heterocycles. The van der Waals surface area contributed by atoms with Crippen molar-refractivity contribution in [3.63, 3.8) is 0 Å². The Hall–Kier alpha value is -3.40. The molecule has 2 N–H and O–H groups in total. The van der Waals surface area contributed by atoms with Gasteiger partial charge >= 0.3 is 0 Å². The molecule has 2 aromatic heterocycles. The van der Waals surface area contributed by atoms with Crippen molar-refractivity contribution in [1.82, 2.24) is 9.97 Å². The molecule has 24 heavy (non-hydrogen) atoms. The first kappa shape index (κ1) is 14.2. The number of fused-ring (bicyclic) bond motifs is 1. The number of aromatic nitrogens is 2. The summed E-state index contributed by atoms with van der Waals surface area (Å²) in [6.45, 7) is 0. The van der Waals surface area contributed by atoms with E-state index >= 15 is 0 Å². The fourth-order valence-electron chi connectivity index (χ4n) is 2.80. The third kappa shape index (κ3) is 2.54. The Kier molecular flexibility index (Phi) is 3.56. The van der Waals surface area contributed by atoms with Crippen molar-refractivity contribution < 1.29 is 0 Å². The van der Waals surface area contributed by atoms with Crippen LogP contribution in [0.25, 0.3) is 22.2 Å². The van der Waals surface area contributed by atoms with Crippen molar-refractivity contribution in [3.05, 3.63) is 89.3 Å². The zero-order valence-electron chi connectivity index (χ0n) is 12.9. The van der Waals surface area contributed by atoms with Gasteiger partial charge in [0.15, 0.2) is 5.43 Å². The standard InChI is InChI=1S/C20H15N3O/c24-17-9-5-4-8-16-18(17)20(22-15-6-2-1-3-7-15)19(23-16)14-10-12-21-13-11-14/h1-13,22-23H. The second-order valence-electron chi connectivity index (χ2n) is 5.47. The molecule has 0 aliphatic carbocycles. The van der Waals surface area contributed by atoms with Gasteiger partial charge in [-0.05, 0) is 36.4 Å². The van der Waals surface area contributed by atoms with E-state index in [1.54, 1.807) is 24.5 Å². The number of nitrogens with one attached hydrogen (secondary N) is 2. The van der Waals surface area contributed by atoms with E-state index in [4.69, 9.17) is 0 Å². The molecule has 0 aliphatic heterocycles. The van der Waals surface area contributed by atoms with Crippen LogP contribution in [0.3, 0.4) is 0 Å². The molecule has 0 unspecified atom stereocenters.